The maximum absolute atomic E-state index is 5.26. The summed E-state index contributed by atoms with van der Waals surface area (Å²) in [4.78, 5) is 3.16. The molecule has 0 radical (unpaired) electrons. The Morgan fingerprint density at radius 2 is 2.12 bits per heavy atom. The van der Waals surface area contributed by atoms with Crippen LogP contribution in [0.4, 0.5) is 0 Å². The van der Waals surface area contributed by atoms with Gasteiger partial charge in [0.05, 0.1) is 11.0 Å². The second-order valence-corrected chi connectivity index (χ2v) is 4.01. The molecule has 2 aromatic heterocycles. The van der Waals surface area contributed by atoms with Gasteiger partial charge in [0.2, 0.25) is 0 Å². The molecule has 0 spiro atoms. The molecular formula is C11H10N4S. The molecule has 0 bridgehead atoms. The van der Waals surface area contributed by atoms with Crippen molar-refractivity contribution in [3.8, 4) is 0 Å². The molecule has 5 heteroatoms. The molecule has 16 heavy (non-hydrogen) atoms. The zero-order chi connectivity index (χ0) is 11.1. The molecule has 0 aliphatic carbocycles. The van der Waals surface area contributed by atoms with E-state index in [2.05, 4.69) is 22.1 Å². The van der Waals surface area contributed by atoms with Crippen molar-refractivity contribution < 1.29 is 0 Å². The summed E-state index contributed by atoms with van der Waals surface area (Å²) in [7, 11) is 0. The first-order valence-electron chi connectivity index (χ1n) is 5.16. The van der Waals surface area contributed by atoms with Crippen LogP contribution in [0.15, 0.2) is 24.3 Å². The fraction of sp³-hybridized carbons (Fsp3) is 0.182. The standard InChI is InChI=1S/C11H10N4S/c1-2-9-13-14-10-11(16)12-7-5-3-4-6-8(7)15(9)10/h3-6H,2H2,1H3,(H,12,16). The third kappa shape index (κ3) is 1.18. The summed E-state index contributed by atoms with van der Waals surface area (Å²) < 4.78 is 2.65. The van der Waals surface area contributed by atoms with Crippen molar-refractivity contribution in [2.45, 2.75) is 13.3 Å². The van der Waals surface area contributed by atoms with Gasteiger partial charge in [0.1, 0.15) is 10.5 Å². The lowest BCUT2D eigenvalue weighted by Gasteiger charge is -2.03. The van der Waals surface area contributed by atoms with Crippen molar-refractivity contribution in [2.75, 3.05) is 0 Å². The molecule has 0 saturated heterocycles. The highest BCUT2D eigenvalue weighted by Gasteiger charge is 2.08. The predicted octanol–water partition coefficient (Wildman–Crippen LogP) is 2.50. The van der Waals surface area contributed by atoms with Crippen LogP contribution in [-0.2, 0) is 6.42 Å². The molecule has 0 fully saturated rings. The molecule has 1 aromatic carbocycles. The van der Waals surface area contributed by atoms with Gasteiger partial charge in [-0.05, 0) is 12.1 Å². The summed E-state index contributed by atoms with van der Waals surface area (Å²) >= 11 is 5.26. The predicted molar refractivity (Wildman–Crippen MR) is 65.1 cm³/mol. The number of aromatic amines is 1. The number of hydrogen-bond acceptors (Lipinski definition) is 3. The molecule has 3 aromatic rings. The van der Waals surface area contributed by atoms with Crippen LogP contribution in [0.2, 0.25) is 0 Å². The minimum Gasteiger partial charge on any atom is -0.342 e. The summed E-state index contributed by atoms with van der Waals surface area (Å²) in [5.41, 5.74) is 2.80. The quantitative estimate of drug-likeness (QED) is 0.653. The van der Waals surface area contributed by atoms with Gasteiger partial charge in [-0.3, -0.25) is 4.40 Å². The molecule has 0 saturated carbocycles. The number of hydrogen-bond donors (Lipinski definition) is 1. The molecule has 0 unspecified atom stereocenters. The van der Waals surface area contributed by atoms with E-state index in [0.717, 1.165) is 28.9 Å². The van der Waals surface area contributed by atoms with Gasteiger partial charge in [0.25, 0.3) is 0 Å². The first-order chi connectivity index (χ1) is 7.81. The van der Waals surface area contributed by atoms with Crippen LogP contribution in [0.5, 0.6) is 0 Å². The zero-order valence-electron chi connectivity index (χ0n) is 8.77. The van der Waals surface area contributed by atoms with Crippen LogP contribution < -0.4 is 0 Å². The van der Waals surface area contributed by atoms with E-state index in [1.807, 2.05) is 28.7 Å². The summed E-state index contributed by atoms with van der Waals surface area (Å²) in [6.07, 6.45) is 0.837. The highest BCUT2D eigenvalue weighted by Crippen LogP contribution is 2.16. The molecule has 3 rings (SSSR count). The number of nitrogens with zero attached hydrogens (tertiary/aromatic N) is 3. The lowest BCUT2D eigenvalue weighted by molar-refractivity contribution is 0.921. The van der Waals surface area contributed by atoms with Gasteiger partial charge in [0, 0.05) is 6.42 Å². The van der Waals surface area contributed by atoms with Gasteiger partial charge in [-0.15, -0.1) is 10.2 Å². The number of benzene rings is 1. The SMILES string of the molecule is CCc1nnc2c(=S)[nH]c3ccccc3n12. The van der Waals surface area contributed by atoms with Crippen molar-refractivity contribution >= 4 is 28.9 Å². The first kappa shape index (κ1) is 9.47. The first-order valence-corrected chi connectivity index (χ1v) is 5.57. The fourth-order valence-corrected chi connectivity index (χ4v) is 2.14. The van der Waals surface area contributed by atoms with Crippen LogP contribution in [0, 0.1) is 4.64 Å². The van der Waals surface area contributed by atoms with E-state index in [1.54, 1.807) is 0 Å². The highest BCUT2D eigenvalue weighted by molar-refractivity contribution is 7.71. The third-order valence-electron chi connectivity index (χ3n) is 2.64. The van der Waals surface area contributed by atoms with Crippen molar-refractivity contribution in [1.82, 2.24) is 19.6 Å². The van der Waals surface area contributed by atoms with E-state index in [0.29, 0.717) is 4.64 Å². The number of rotatable bonds is 1. The minimum absolute atomic E-state index is 0.630. The van der Waals surface area contributed by atoms with E-state index >= 15 is 0 Å². The van der Waals surface area contributed by atoms with E-state index in [9.17, 15) is 0 Å². The monoisotopic (exact) mass is 230 g/mol. The summed E-state index contributed by atoms with van der Waals surface area (Å²) in [6, 6.07) is 8.02. The molecular weight excluding hydrogens is 220 g/mol. The minimum atomic E-state index is 0.630. The Morgan fingerprint density at radius 3 is 2.94 bits per heavy atom. The van der Waals surface area contributed by atoms with Gasteiger partial charge < -0.3 is 4.98 Å². The number of para-hydroxylation sites is 2. The molecule has 0 aliphatic rings. The Morgan fingerprint density at radius 1 is 1.31 bits per heavy atom. The Bertz CT molecular complexity index is 726. The van der Waals surface area contributed by atoms with E-state index < -0.39 is 0 Å². The van der Waals surface area contributed by atoms with Gasteiger partial charge in [-0.1, -0.05) is 31.3 Å². The Labute approximate surface area is 96.9 Å². The molecule has 1 N–H and O–H groups in total. The Balaban J connectivity index is 2.65. The summed E-state index contributed by atoms with van der Waals surface area (Å²) in [5, 5.41) is 8.27. The van der Waals surface area contributed by atoms with E-state index in [4.69, 9.17) is 12.2 Å². The number of H-pyrrole nitrogens is 1. The van der Waals surface area contributed by atoms with Crippen molar-refractivity contribution in [3.05, 3.63) is 34.7 Å². The molecule has 0 amide bonds. The van der Waals surface area contributed by atoms with Gasteiger partial charge >= 0.3 is 0 Å². The fourth-order valence-electron chi connectivity index (χ4n) is 1.90. The highest BCUT2D eigenvalue weighted by atomic mass is 32.1. The second kappa shape index (κ2) is 3.38. The Kier molecular flexibility index (Phi) is 2.00. The smallest absolute Gasteiger partial charge is 0.196 e. The maximum Gasteiger partial charge on any atom is 0.196 e. The number of aromatic nitrogens is 4. The zero-order valence-corrected chi connectivity index (χ0v) is 9.58. The van der Waals surface area contributed by atoms with Crippen LogP contribution in [0.3, 0.4) is 0 Å². The van der Waals surface area contributed by atoms with Crippen LogP contribution in [0.1, 0.15) is 12.7 Å². The summed E-state index contributed by atoms with van der Waals surface area (Å²) in [5.74, 6) is 0.936. The number of fused-ring (bicyclic) bond motifs is 3. The van der Waals surface area contributed by atoms with E-state index in [1.165, 1.54) is 0 Å². The lowest BCUT2D eigenvalue weighted by Crippen LogP contribution is -1.96. The molecule has 0 atom stereocenters. The van der Waals surface area contributed by atoms with Crippen LogP contribution in [0.25, 0.3) is 16.7 Å². The maximum atomic E-state index is 5.26. The van der Waals surface area contributed by atoms with Crippen LogP contribution >= 0.6 is 12.2 Å². The molecule has 0 aliphatic heterocycles. The van der Waals surface area contributed by atoms with Crippen LogP contribution in [-0.4, -0.2) is 19.6 Å². The molecule has 80 valence electrons. The van der Waals surface area contributed by atoms with Crippen molar-refractivity contribution in [3.63, 3.8) is 0 Å². The van der Waals surface area contributed by atoms with E-state index in [-0.39, 0.29) is 0 Å². The topological polar surface area (TPSA) is 46.0 Å². The third-order valence-corrected chi connectivity index (χ3v) is 2.93. The molecule has 4 nitrogen and oxygen atoms in total. The largest absolute Gasteiger partial charge is 0.342 e. The second-order valence-electron chi connectivity index (χ2n) is 3.60. The number of nitrogens with one attached hydrogen (secondary N) is 1. The average molecular weight is 230 g/mol. The van der Waals surface area contributed by atoms with Crippen molar-refractivity contribution in [2.24, 2.45) is 0 Å². The van der Waals surface area contributed by atoms with Gasteiger partial charge in [-0.2, -0.15) is 0 Å². The Hall–Kier alpha value is -1.75. The average Bonchev–Trinajstić information content (AvgIpc) is 2.74. The van der Waals surface area contributed by atoms with Gasteiger partial charge in [-0.25, -0.2) is 0 Å². The number of aryl methyl sites for hydroxylation is 1. The molecule has 2 heterocycles. The van der Waals surface area contributed by atoms with Gasteiger partial charge in [0.15, 0.2) is 5.65 Å². The lowest BCUT2D eigenvalue weighted by atomic mass is 10.3. The normalized spacial score (nSPS) is 11.3. The summed E-state index contributed by atoms with van der Waals surface area (Å²) in [6.45, 7) is 2.06. The van der Waals surface area contributed by atoms with Crippen molar-refractivity contribution in [1.29, 1.82) is 0 Å².